The van der Waals surface area contributed by atoms with Crippen LogP contribution in [0.5, 0.6) is 0 Å². The zero-order chi connectivity index (χ0) is 14.8. The maximum absolute atomic E-state index is 12.2. The van der Waals surface area contributed by atoms with Crippen molar-refractivity contribution in [1.82, 2.24) is 5.32 Å². The molecule has 1 fully saturated rings. The Balaban J connectivity index is 2.75. The molecule has 1 amide bonds. The standard InChI is InChI=1S/C11H21N3O4S/c1-7-4-11(5-7,9(12)14-16)10(15)13-8(2)6-19(3,17)18/h7-8,16H,4-6H2,1-3H3,(H2,12,14)(H,13,15). The van der Waals surface area contributed by atoms with Crippen LogP contribution in [0.1, 0.15) is 26.7 Å². The van der Waals surface area contributed by atoms with Crippen LogP contribution in [0.4, 0.5) is 0 Å². The number of nitrogens with one attached hydrogen (secondary N) is 1. The number of hydrogen-bond donors (Lipinski definition) is 3. The highest BCUT2D eigenvalue weighted by molar-refractivity contribution is 7.90. The molecule has 0 heterocycles. The lowest BCUT2D eigenvalue weighted by Gasteiger charge is -2.44. The molecule has 1 aliphatic carbocycles. The summed E-state index contributed by atoms with van der Waals surface area (Å²) in [6.45, 7) is 3.58. The summed E-state index contributed by atoms with van der Waals surface area (Å²) in [7, 11) is -3.17. The van der Waals surface area contributed by atoms with E-state index in [1.807, 2.05) is 6.92 Å². The van der Waals surface area contributed by atoms with Crippen LogP contribution in [0.15, 0.2) is 5.16 Å². The average Bonchev–Trinajstić information content (AvgIpc) is 2.20. The number of amides is 1. The van der Waals surface area contributed by atoms with Gasteiger partial charge in [-0.2, -0.15) is 0 Å². The molecule has 0 radical (unpaired) electrons. The highest BCUT2D eigenvalue weighted by atomic mass is 32.2. The quantitative estimate of drug-likeness (QED) is 0.278. The first kappa shape index (κ1) is 15.7. The monoisotopic (exact) mass is 291 g/mol. The summed E-state index contributed by atoms with van der Waals surface area (Å²) >= 11 is 0. The Kier molecular flexibility index (Phi) is 4.44. The van der Waals surface area contributed by atoms with Gasteiger partial charge in [-0.05, 0) is 25.7 Å². The SMILES string of the molecule is CC1CC(C(=O)NC(C)CS(C)(=O)=O)(C(N)=NO)C1. The maximum Gasteiger partial charge on any atom is 0.234 e. The Morgan fingerprint density at radius 3 is 2.47 bits per heavy atom. The first-order valence-corrected chi connectivity index (χ1v) is 8.13. The van der Waals surface area contributed by atoms with Crippen LogP contribution in [-0.4, -0.2) is 43.4 Å². The van der Waals surface area contributed by atoms with Crippen LogP contribution in [0.2, 0.25) is 0 Å². The molecule has 1 unspecified atom stereocenters. The molecular formula is C11H21N3O4S. The fraction of sp³-hybridized carbons (Fsp3) is 0.818. The topological polar surface area (TPSA) is 122 Å². The number of hydrogen-bond acceptors (Lipinski definition) is 5. The molecule has 110 valence electrons. The molecule has 4 N–H and O–H groups in total. The van der Waals surface area contributed by atoms with Crippen molar-refractivity contribution in [3.8, 4) is 0 Å². The molecule has 8 heteroatoms. The van der Waals surface area contributed by atoms with Crippen molar-refractivity contribution in [2.45, 2.75) is 32.7 Å². The smallest absolute Gasteiger partial charge is 0.234 e. The fourth-order valence-electron chi connectivity index (χ4n) is 2.59. The van der Waals surface area contributed by atoms with Gasteiger partial charge in [0.25, 0.3) is 0 Å². The van der Waals surface area contributed by atoms with Crippen LogP contribution in [0, 0.1) is 11.3 Å². The molecular weight excluding hydrogens is 270 g/mol. The zero-order valence-corrected chi connectivity index (χ0v) is 12.2. The van der Waals surface area contributed by atoms with Crippen molar-refractivity contribution in [2.75, 3.05) is 12.0 Å². The van der Waals surface area contributed by atoms with Crippen molar-refractivity contribution in [1.29, 1.82) is 0 Å². The van der Waals surface area contributed by atoms with Crippen molar-refractivity contribution >= 4 is 21.6 Å². The third-order valence-electron chi connectivity index (χ3n) is 3.36. The van der Waals surface area contributed by atoms with E-state index in [9.17, 15) is 13.2 Å². The molecule has 1 saturated carbocycles. The minimum Gasteiger partial charge on any atom is -0.409 e. The van der Waals surface area contributed by atoms with Gasteiger partial charge in [-0.15, -0.1) is 0 Å². The predicted octanol–water partition coefficient (Wildman–Crippen LogP) is -0.302. The summed E-state index contributed by atoms with van der Waals surface area (Å²) in [5.74, 6) is -0.316. The van der Waals surface area contributed by atoms with E-state index in [0.29, 0.717) is 18.8 Å². The van der Waals surface area contributed by atoms with Crippen molar-refractivity contribution in [3.63, 3.8) is 0 Å². The summed E-state index contributed by atoms with van der Waals surface area (Å²) in [6.07, 6.45) is 2.11. The molecule has 0 aromatic carbocycles. The normalized spacial score (nSPS) is 29.4. The van der Waals surface area contributed by atoms with Crippen LogP contribution in [0.3, 0.4) is 0 Å². The Morgan fingerprint density at radius 1 is 1.58 bits per heavy atom. The minimum absolute atomic E-state index is 0.116. The highest BCUT2D eigenvalue weighted by Crippen LogP contribution is 2.45. The van der Waals surface area contributed by atoms with Gasteiger partial charge in [0.2, 0.25) is 5.91 Å². The molecule has 7 nitrogen and oxygen atoms in total. The van der Waals surface area contributed by atoms with E-state index in [1.54, 1.807) is 6.92 Å². The Morgan fingerprint density at radius 2 is 2.11 bits per heavy atom. The van der Waals surface area contributed by atoms with E-state index < -0.39 is 21.3 Å². The second-order valence-corrected chi connectivity index (χ2v) is 7.73. The molecule has 0 bridgehead atoms. The first-order valence-electron chi connectivity index (χ1n) is 6.07. The number of oxime groups is 1. The van der Waals surface area contributed by atoms with E-state index in [2.05, 4.69) is 10.5 Å². The van der Waals surface area contributed by atoms with Gasteiger partial charge in [0, 0.05) is 12.3 Å². The Bertz CT molecular complexity index is 480. The lowest BCUT2D eigenvalue weighted by Crippen LogP contribution is -2.58. The van der Waals surface area contributed by atoms with Crippen molar-refractivity contribution in [2.24, 2.45) is 22.2 Å². The van der Waals surface area contributed by atoms with Crippen LogP contribution in [0.25, 0.3) is 0 Å². The molecule has 0 spiro atoms. The third-order valence-corrected chi connectivity index (χ3v) is 4.46. The van der Waals surface area contributed by atoms with E-state index in [1.165, 1.54) is 0 Å². The van der Waals surface area contributed by atoms with Gasteiger partial charge in [0.1, 0.15) is 15.3 Å². The van der Waals surface area contributed by atoms with Gasteiger partial charge in [-0.3, -0.25) is 4.79 Å². The maximum atomic E-state index is 12.2. The van der Waals surface area contributed by atoms with Gasteiger partial charge in [-0.1, -0.05) is 12.1 Å². The number of carbonyl (C=O) groups is 1. The van der Waals surface area contributed by atoms with Crippen molar-refractivity contribution in [3.05, 3.63) is 0 Å². The van der Waals surface area contributed by atoms with Gasteiger partial charge < -0.3 is 16.3 Å². The average molecular weight is 291 g/mol. The number of amidine groups is 1. The van der Waals surface area contributed by atoms with Gasteiger partial charge in [0.05, 0.1) is 5.75 Å². The van der Waals surface area contributed by atoms with Gasteiger partial charge in [-0.25, -0.2) is 8.42 Å². The molecule has 1 atom stereocenters. The van der Waals surface area contributed by atoms with Crippen LogP contribution >= 0.6 is 0 Å². The van der Waals surface area contributed by atoms with E-state index >= 15 is 0 Å². The number of sulfone groups is 1. The zero-order valence-electron chi connectivity index (χ0n) is 11.4. The van der Waals surface area contributed by atoms with E-state index in [-0.39, 0.29) is 17.5 Å². The largest absolute Gasteiger partial charge is 0.409 e. The number of nitrogens with two attached hydrogens (primary N) is 1. The Labute approximate surface area is 113 Å². The molecule has 1 rings (SSSR count). The first-order chi connectivity index (χ1) is 8.60. The number of carbonyl (C=O) groups excluding carboxylic acids is 1. The van der Waals surface area contributed by atoms with Crippen molar-refractivity contribution < 1.29 is 18.4 Å². The van der Waals surface area contributed by atoms with Crippen LogP contribution in [-0.2, 0) is 14.6 Å². The molecule has 19 heavy (non-hydrogen) atoms. The second kappa shape index (κ2) is 5.36. The number of rotatable bonds is 5. The minimum atomic E-state index is -3.17. The van der Waals surface area contributed by atoms with E-state index in [0.717, 1.165) is 6.26 Å². The summed E-state index contributed by atoms with van der Waals surface area (Å²) in [5, 5.41) is 14.3. The predicted molar refractivity (Wildman–Crippen MR) is 71.6 cm³/mol. The second-order valence-electron chi connectivity index (χ2n) is 5.55. The fourth-order valence-corrected chi connectivity index (χ4v) is 3.59. The lowest BCUT2D eigenvalue weighted by atomic mass is 9.61. The molecule has 0 aromatic rings. The molecule has 0 aliphatic heterocycles. The highest BCUT2D eigenvalue weighted by Gasteiger charge is 2.52. The van der Waals surface area contributed by atoms with Crippen LogP contribution < -0.4 is 11.1 Å². The van der Waals surface area contributed by atoms with Gasteiger partial charge in [0.15, 0.2) is 5.84 Å². The van der Waals surface area contributed by atoms with E-state index in [4.69, 9.17) is 10.9 Å². The number of nitrogens with zero attached hydrogens (tertiary/aromatic N) is 1. The summed E-state index contributed by atoms with van der Waals surface area (Å²) in [6, 6.07) is -0.512. The molecule has 1 aliphatic rings. The summed E-state index contributed by atoms with van der Waals surface area (Å²) in [5.41, 5.74) is 4.60. The summed E-state index contributed by atoms with van der Waals surface area (Å²) < 4.78 is 22.3. The summed E-state index contributed by atoms with van der Waals surface area (Å²) in [4.78, 5) is 12.2. The Hall–Kier alpha value is -1.31. The lowest BCUT2D eigenvalue weighted by molar-refractivity contribution is -0.133. The molecule has 0 saturated heterocycles. The molecule has 0 aromatic heterocycles. The third kappa shape index (κ3) is 3.59. The van der Waals surface area contributed by atoms with Gasteiger partial charge >= 0.3 is 0 Å².